The normalized spacial score (nSPS) is 13.9. The molecule has 4 nitrogen and oxygen atoms in total. The van der Waals surface area contributed by atoms with Crippen molar-refractivity contribution in [3.63, 3.8) is 0 Å². The summed E-state index contributed by atoms with van der Waals surface area (Å²) in [7, 11) is 0. The number of carbonyl (C=O) groups is 1. The molecule has 0 aromatic heterocycles. The second-order valence-corrected chi connectivity index (χ2v) is 12.2. The van der Waals surface area contributed by atoms with Crippen molar-refractivity contribution in [2.45, 2.75) is 136 Å². The highest BCUT2D eigenvalue weighted by molar-refractivity contribution is 5.69. The third-order valence-electron chi connectivity index (χ3n) is 7.48. The van der Waals surface area contributed by atoms with Crippen LogP contribution in [0.3, 0.4) is 0 Å². The van der Waals surface area contributed by atoms with Gasteiger partial charge in [0, 0.05) is 13.0 Å². The van der Waals surface area contributed by atoms with Crippen LogP contribution in [0.2, 0.25) is 0 Å². The molecular formula is C47H72O4. The molecule has 0 saturated heterocycles. The summed E-state index contributed by atoms with van der Waals surface area (Å²) in [4.78, 5) is 12.1. The highest BCUT2D eigenvalue weighted by Crippen LogP contribution is 2.06. The highest BCUT2D eigenvalue weighted by atomic mass is 16.6. The molecule has 0 heterocycles. The average molecular weight is 701 g/mol. The minimum atomic E-state index is -0.596. The molecular weight excluding hydrogens is 629 g/mol. The van der Waals surface area contributed by atoms with Crippen LogP contribution < -0.4 is 0 Å². The van der Waals surface area contributed by atoms with E-state index in [9.17, 15) is 9.90 Å². The Balaban J connectivity index is 3.66. The van der Waals surface area contributed by atoms with Crippen molar-refractivity contribution < 1.29 is 19.4 Å². The number of rotatable bonds is 34. The Hall–Kier alpha value is -3.47. The van der Waals surface area contributed by atoms with Crippen molar-refractivity contribution in [3.05, 3.63) is 134 Å². The van der Waals surface area contributed by atoms with Gasteiger partial charge >= 0.3 is 5.97 Å². The number of hydrogen-bond acceptors (Lipinski definition) is 4. The minimum Gasteiger partial charge on any atom is -0.457 e. The van der Waals surface area contributed by atoms with E-state index in [4.69, 9.17) is 9.47 Å². The summed E-state index contributed by atoms with van der Waals surface area (Å²) in [5.74, 6) is -0.297. The van der Waals surface area contributed by atoms with Crippen LogP contribution >= 0.6 is 0 Å². The lowest BCUT2D eigenvalue weighted by Crippen LogP contribution is -2.27. The van der Waals surface area contributed by atoms with E-state index in [0.717, 1.165) is 89.9 Å². The molecule has 284 valence electrons. The molecule has 0 saturated carbocycles. The van der Waals surface area contributed by atoms with Gasteiger partial charge in [-0.05, 0) is 96.3 Å². The fourth-order valence-electron chi connectivity index (χ4n) is 4.61. The third-order valence-corrected chi connectivity index (χ3v) is 7.48. The van der Waals surface area contributed by atoms with Gasteiger partial charge in [0.05, 0.1) is 13.2 Å². The number of aliphatic hydroxyl groups is 1. The van der Waals surface area contributed by atoms with Crippen LogP contribution in [0.4, 0.5) is 0 Å². The standard InChI is InChI=1S/C47H72O4/c1-3-5-7-9-11-13-15-17-18-19-20-21-22-23-24-25-26-27-28-29-31-33-35-37-39-41-43-50-45-46(44-48)51-47(49)42-40-38-36-34-32-30-16-14-12-10-8-6-4-2/h5-8,11-14,17-18,20-21,23-24,26-27,29-32,36,38,46,48H,3-4,9-10,15-16,19,22,25,28,33-35,37,39-45H2,1-2H3/b7-5-,8-6-,13-11-,14-12-,18-17-,21-20-,24-23-,27-26-,31-29-,32-30-,38-36-. The van der Waals surface area contributed by atoms with Crippen molar-refractivity contribution in [2.24, 2.45) is 0 Å². The van der Waals surface area contributed by atoms with Crippen molar-refractivity contribution in [2.75, 3.05) is 19.8 Å². The molecule has 0 rings (SSSR count). The van der Waals surface area contributed by atoms with E-state index < -0.39 is 6.10 Å². The number of hydrogen-bond donors (Lipinski definition) is 1. The van der Waals surface area contributed by atoms with Crippen LogP contribution in [0, 0.1) is 0 Å². The number of carbonyl (C=O) groups excluding carboxylic acids is 1. The summed E-state index contributed by atoms with van der Waals surface area (Å²) in [5.41, 5.74) is 0. The topological polar surface area (TPSA) is 55.8 Å². The van der Waals surface area contributed by atoms with Gasteiger partial charge in [0.1, 0.15) is 6.10 Å². The summed E-state index contributed by atoms with van der Waals surface area (Å²) >= 11 is 0. The first kappa shape index (κ1) is 47.5. The first-order valence-corrected chi connectivity index (χ1v) is 19.8. The van der Waals surface area contributed by atoms with Crippen LogP contribution in [0.5, 0.6) is 0 Å². The first-order valence-electron chi connectivity index (χ1n) is 19.8. The van der Waals surface area contributed by atoms with Crippen LogP contribution in [0.1, 0.15) is 129 Å². The van der Waals surface area contributed by atoms with Gasteiger partial charge in [-0.1, -0.05) is 160 Å². The lowest BCUT2D eigenvalue weighted by Gasteiger charge is -2.15. The van der Waals surface area contributed by atoms with Gasteiger partial charge in [0.15, 0.2) is 0 Å². The Morgan fingerprint density at radius 2 is 0.824 bits per heavy atom. The molecule has 1 atom stereocenters. The average Bonchev–Trinajstić information content (AvgIpc) is 3.14. The summed E-state index contributed by atoms with van der Waals surface area (Å²) in [5, 5.41) is 9.55. The smallest absolute Gasteiger partial charge is 0.306 e. The predicted molar refractivity (Wildman–Crippen MR) is 223 cm³/mol. The Labute approximate surface area is 313 Å². The molecule has 0 aliphatic carbocycles. The lowest BCUT2D eigenvalue weighted by atomic mass is 10.1. The second-order valence-electron chi connectivity index (χ2n) is 12.2. The quantitative estimate of drug-likeness (QED) is 0.0412. The van der Waals surface area contributed by atoms with Gasteiger partial charge in [-0.15, -0.1) is 0 Å². The minimum absolute atomic E-state index is 0.222. The zero-order chi connectivity index (χ0) is 37.0. The maximum Gasteiger partial charge on any atom is 0.306 e. The predicted octanol–water partition coefficient (Wildman–Crippen LogP) is 13.1. The zero-order valence-corrected chi connectivity index (χ0v) is 32.3. The maximum atomic E-state index is 12.1. The first-order chi connectivity index (χ1) is 25.2. The third kappa shape index (κ3) is 40.8. The van der Waals surface area contributed by atoms with Crippen molar-refractivity contribution in [1.82, 2.24) is 0 Å². The Morgan fingerprint density at radius 3 is 1.22 bits per heavy atom. The van der Waals surface area contributed by atoms with Gasteiger partial charge in [0.2, 0.25) is 0 Å². The molecule has 0 bridgehead atoms. The fraction of sp³-hybridized carbons (Fsp3) is 0.511. The monoisotopic (exact) mass is 701 g/mol. The van der Waals surface area contributed by atoms with Gasteiger partial charge in [0.25, 0.3) is 0 Å². The molecule has 0 radical (unpaired) electrons. The van der Waals surface area contributed by atoms with Crippen molar-refractivity contribution in [1.29, 1.82) is 0 Å². The van der Waals surface area contributed by atoms with Crippen molar-refractivity contribution >= 4 is 5.97 Å². The van der Waals surface area contributed by atoms with Crippen LogP contribution in [-0.4, -0.2) is 37.0 Å². The van der Waals surface area contributed by atoms with Gasteiger partial charge < -0.3 is 14.6 Å². The van der Waals surface area contributed by atoms with Gasteiger partial charge in [-0.3, -0.25) is 4.79 Å². The molecule has 0 aromatic rings. The van der Waals surface area contributed by atoms with Gasteiger partial charge in [-0.25, -0.2) is 0 Å². The molecule has 0 aliphatic rings. The Bertz CT molecular complexity index is 1090. The van der Waals surface area contributed by atoms with Gasteiger partial charge in [-0.2, -0.15) is 0 Å². The van der Waals surface area contributed by atoms with E-state index >= 15 is 0 Å². The number of unbranched alkanes of at least 4 members (excludes halogenated alkanes) is 4. The molecule has 0 aliphatic heterocycles. The molecule has 0 amide bonds. The largest absolute Gasteiger partial charge is 0.457 e. The molecule has 0 spiro atoms. The van der Waals surface area contributed by atoms with E-state index in [1.807, 2.05) is 6.08 Å². The Kier molecular flexibility index (Phi) is 39.8. The summed E-state index contributed by atoms with van der Waals surface area (Å²) in [6.07, 6.45) is 65.2. The summed E-state index contributed by atoms with van der Waals surface area (Å²) < 4.78 is 11.0. The number of esters is 1. The molecule has 4 heteroatoms. The Morgan fingerprint density at radius 1 is 0.471 bits per heavy atom. The zero-order valence-electron chi connectivity index (χ0n) is 32.3. The second kappa shape index (κ2) is 42.7. The molecule has 1 unspecified atom stereocenters. The fourth-order valence-corrected chi connectivity index (χ4v) is 4.61. The van der Waals surface area contributed by atoms with E-state index in [1.54, 1.807) is 0 Å². The van der Waals surface area contributed by atoms with Crippen LogP contribution in [0.15, 0.2) is 134 Å². The molecule has 1 N–H and O–H groups in total. The molecule has 0 fully saturated rings. The number of allylic oxidation sites excluding steroid dienone is 22. The molecule has 0 aromatic carbocycles. The van der Waals surface area contributed by atoms with E-state index in [0.29, 0.717) is 19.4 Å². The highest BCUT2D eigenvalue weighted by Gasteiger charge is 2.13. The number of ether oxygens (including phenoxy) is 2. The lowest BCUT2D eigenvalue weighted by molar-refractivity contribution is -0.154. The van der Waals surface area contributed by atoms with E-state index in [1.165, 1.54) is 12.8 Å². The number of aliphatic hydroxyl groups excluding tert-OH is 1. The van der Waals surface area contributed by atoms with E-state index in [2.05, 4.69) is 141 Å². The van der Waals surface area contributed by atoms with Crippen LogP contribution in [-0.2, 0) is 14.3 Å². The van der Waals surface area contributed by atoms with E-state index in [-0.39, 0.29) is 19.2 Å². The SMILES string of the molecule is CC/C=C\C/C=C\C/C=C\C/C=C\C/C=C\C/C=C\C/C=C\CCCCCCOCC(CO)OC(=O)CC/C=C\C/C=C\C/C=C\C/C=C\CC. The van der Waals surface area contributed by atoms with Crippen LogP contribution in [0.25, 0.3) is 0 Å². The summed E-state index contributed by atoms with van der Waals surface area (Å²) in [6.45, 7) is 4.94. The summed E-state index contributed by atoms with van der Waals surface area (Å²) in [6, 6.07) is 0. The van der Waals surface area contributed by atoms with Crippen molar-refractivity contribution in [3.8, 4) is 0 Å². The molecule has 51 heavy (non-hydrogen) atoms. The maximum absolute atomic E-state index is 12.1.